The molecule has 0 aliphatic carbocycles. The number of rotatable bonds is 8. The molecule has 4 aromatic rings. The topological polar surface area (TPSA) is 111 Å². The summed E-state index contributed by atoms with van der Waals surface area (Å²) in [6, 6.07) is 22.5. The van der Waals surface area contributed by atoms with E-state index in [1.807, 2.05) is 66.9 Å². The molecule has 0 atom stereocenters. The minimum atomic E-state index is -0.995. The second kappa shape index (κ2) is 10.8. The van der Waals surface area contributed by atoms with E-state index in [0.717, 1.165) is 22.6 Å². The Balaban J connectivity index is 1.47. The van der Waals surface area contributed by atoms with Gasteiger partial charge in [-0.15, -0.1) is 5.10 Å². The molecule has 176 valence electrons. The molecule has 8 nitrogen and oxygen atoms in total. The van der Waals surface area contributed by atoms with Gasteiger partial charge in [0.1, 0.15) is 5.69 Å². The number of H-pyrrole nitrogens is 1. The van der Waals surface area contributed by atoms with Crippen molar-refractivity contribution >= 4 is 29.9 Å². The van der Waals surface area contributed by atoms with E-state index in [2.05, 4.69) is 20.7 Å². The van der Waals surface area contributed by atoms with Crippen molar-refractivity contribution in [1.82, 2.24) is 15.6 Å². The molecule has 35 heavy (non-hydrogen) atoms. The van der Waals surface area contributed by atoms with Crippen LogP contribution in [0.25, 0.3) is 17.1 Å². The SMILES string of the molecule is Cc1ccc(-c2[nH]nc(SCC(=O)NN=Cc3ccc(C(=O)O)cc3)[n+]2-c2ccc(C)cc2)cc1. The summed E-state index contributed by atoms with van der Waals surface area (Å²) in [5, 5.41) is 21.1. The number of thioether (sulfide) groups is 1. The number of benzene rings is 3. The zero-order valence-electron chi connectivity index (χ0n) is 19.2. The number of amides is 1. The number of carbonyl (C=O) groups is 2. The number of carboxylic acid groups (broad SMARTS) is 1. The third kappa shape index (κ3) is 6.01. The largest absolute Gasteiger partial charge is 0.478 e. The van der Waals surface area contributed by atoms with Crippen LogP contribution in [-0.4, -0.2) is 39.1 Å². The Morgan fingerprint density at radius 2 is 1.63 bits per heavy atom. The van der Waals surface area contributed by atoms with E-state index >= 15 is 0 Å². The molecule has 0 unspecified atom stereocenters. The Bertz CT molecular complexity index is 1360. The lowest BCUT2D eigenvalue weighted by Gasteiger charge is -2.05. The van der Waals surface area contributed by atoms with Gasteiger partial charge in [0.05, 0.1) is 28.2 Å². The summed E-state index contributed by atoms with van der Waals surface area (Å²) in [4.78, 5) is 23.3. The zero-order chi connectivity index (χ0) is 24.8. The molecule has 0 fully saturated rings. The molecule has 3 N–H and O–H groups in total. The van der Waals surface area contributed by atoms with Crippen molar-refractivity contribution in [3.05, 3.63) is 95.1 Å². The van der Waals surface area contributed by atoms with Crippen LogP contribution in [0.15, 0.2) is 83.1 Å². The predicted molar refractivity (Wildman–Crippen MR) is 135 cm³/mol. The first-order valence-electron chi connectivity index (χ1n) is 10.8. The van der Waals surface area contributed by atoms with Crippen LogP contribution >= 0.6 is 11.8 Å². The summed E-state index contributed by atoms with van der Waals surface area (Å²) in [5.41, 5.74) is 7.60. The summed E-state index contributed by atoms with van der Waals surface area (Å²) >= 11 is 1.29. The average molecular weight is 487 g/mol. The van der Waals surface area contributed by atoms with Crippen molar-refractivity contribution in [2.75, 3.05) is 5.75 Å². The van der Waals surface area contributed by atoms with Crippen LogP contribution in [0, 0.1) is 13.8 Å². The van der Waals surface area contributed by atoms with Gasteiger partial charge < -0.3 is 5.11 Å². The highest BCUT2D eigenvalue weighted by molar-refractivity contribution is 7.99. The van der Waals surface area contributed by atoms with Crippen molar-refractivity contribution in [1.29, 1.82) is 0 Å². The van der Waals surface area contributed by atoms with Crippen molar-refractivity contribution < 1.29 is 19.3 Å². The lowest BCUT2D eigenvalue weighted by Crippen LogP contribution is -2.34. The van der Waals surface area contributed by atoms with E-state index < -0.39 is 5.97 Å². The Kier molecular flexibility index (Phi) is 7.37. The molecular weight excluding hydrogens is 462 g/mol. The van der Waals surface area contributed by atoms with Gasteiger partial charge in [-0.25, -0.2) is 10.2 Å². The number of hydrogen-bond acceptors (Lipinski definition) is 5. The van der Waals surface area contributed by atoms with Gasteiger partial charge in [0.15, 0.2) is 0 Å². The van der Waals surface area contributed by atoms with Gasteiger partial charge in [0.2, 0.25) is 0 Å². The summed E-state index contributed by atoms with van der Waals surface area (Å²) in [5.74, 6) is -0.353. The van der Waals surface area contributed by atoms with Gasteiger partial charge in [-0.3, -0.25) is 4.79 Å². The summed E-state index contributed by atoms with van der Waals surface area (Å²) in [6.45, 7) is 4.07. The van der Waals surface area contributed by atoms with Crippen molar-refractivity contribution in [3.8, 4) is 17.1 Å². The first kappa shape index (κ1) is 23.9. The fourth-order valence-corrected chi connectivity index (χ4v) is 4.05. The molecule has 0 bridgehead atoms. The molecule has 0 radical (unpaired) electrons. The van der Waals surface area contributed by atoms with E-state index in [-0.39, 0.29) is 17.2 Å². The maximum Gasteiger partial charge on any atom is 0.342 e. The van der Waals surface area contributed by atoms with E-state index in [1.165, 1.54) is 35.7 Å². The lowest BCUT2D eigenvalue weighted by atomic mass is 10.1. The monoisotopic (exact) mass is 486 g/mol. The number of aromatic carboxylic acids is 1. The molecule has 0 spiro atoms. The predicted octanol–water partition coefficient (Wildman–Crippen LogP) is 3.91. The minimum absolute atomic E-state index is 0.110. The summed E-state index contributed by atoms with van der Waals surface area (Å²) in [7, 11) is 0. The second-order valence-corrected chi connectivity index (χ2v) is 8.84. The molecule has 1 heterocycles. The Morgan fingerprint density at radius 1 is 1.00 bits per heavy atom. The molecule has 0 saturated heterocycles. The van der Waals surface area contributed by atoms with Gasteiger partial charge in [-0.1, -0.05) is 47.5 Å². The number of aromatic amines is 1. The van der Waals surface area contributed by atoms with Gasteiger partial charge in [0.25, 0.3) is 11.7 Å². The smallest absolute Gasteiger partial charge is 0.342 e. The Labute approximate surface area is 206 Å². The van der Waals surface area contributed by atoms with Crippen LogP contribution in [0.5, 0.6) is 0 Å². The maximum absolute atomic E-state index is 12.4. The molecular formula is C26H24N5O3S+. The standard InChI is InChI=1S/C26H23N5O3S/c1-17-3-9-20(10-4-17)24-29-30-26(31(24)22-13-5-18(2)6-14-22)35-16-23(32)28-27-15-19-7-11-21(12-8-19)25(33)34/h3-15H,16H2,1-2H3,(H2,28,32,33,34)/p+1. The van der Waals surface area contributed by atoms with Crippen molar-refractivity contribution in [3.63, 3.8) is 0 Å². The number of nitrogens with zero attached hydrogens (tertiary/aromatic N) is 3. The molecule has 0 aliphatic heterocycles. The van der Waals surface area contributed by atoms with E-state index in [1.54, 1.807) is 12.1 Å². The average Bonchev–Trinajstić information content (AvgIpc) is 3.28. The lowest BCUT2D eigenvalue weighted by molar-refractivity contribution is -0.625. The molecule has 0 saturated carbocycles. The van der Waals surface area contributed by atoms with Crippen LogP contribution < -0.4 is 9.99 Å². The number of hydrazone groups is 1. The molecule has 1 aromatic heterocycles. The summed E-state index contributed by atoms with van der Waals surface area (Å²) in [6.07, 6.45) is 1.46. The quantitative estimate of drug-likeness (QED) is 0.151. The van der Waals surface area contributed by atoms with Gasteiger partial charge in [0, 0.05) is 0 Å². The van der Waals surface area contributed by atoms with Gasteiger partial charge in [-0.05, 0) is 67.6 Å². The number of hydrogen-bond donors (Lipinski definition) is 3. The number of aryl methyl sites for hydroxylation is 2. The van der Waals surface area contributed by atoms with E-state index in [4.69, 9.17) is 5.11 Å². The third-order valence-corrected chi connectivity index (χ3v) is 6.12. The number of carbonyl (C=O) groups excluding carboxylic acids is 1. The summed E-state index contributed by atoms with van der Waals surface area (Å²) < 4.78 is 2.00. The molecule has 3 aromatic carbocycles. The fourth-order valence-electron chi connectivity index (χ4n) is 3.28. The fraction of sp³-hybridized carbons (Fsp3) is 0.115. The third-order valence-electron chi connectivity index (χ3n) is 5.18. The zero-order valence-corrected chi connectivity index (χ0v) is 20.0. The first-order valence-corrected chi connectivity index (χ1v) is 11.8. The van der Waals surface area contributed by atoms with Gasteiger partial charge in [-0.2, -0.15) is 9.67 Å². The van der Waals surface area contributed by atoms with E-state index in [9.17, 15) is 9.59 Å². The van der Waals surface area contributed by atoms with E-state index in [0.29, 0.717) is 10.7 Å². The molecule has 9 heteroatoms. The van der Waals surface area contributed by atoms with Crippen LogP contribution in [0.1, 0.15) is 27.0 Å². The van der Waals surface area contributed by atoms with Crippen LogP contribution in [-0.2, 0) is 4.79 Å². The van der Waals surface area contributed by atoms with Gasteiger partial charge >= 0.3 is 11.1 Å². The normalized spacial score (nSPS) is 11.0. The van der Waals surface area contributed by atoms with Crippen LogP contribution in [0.4, 0.5) is 0 Å². The van der Waals surface area contributed by atoms with Crippen molar-refractivity contribution in [2.45, 2.75) is 19.0 Å². The number of carboxylic acids is 1. The Morgan fingerprint density at radius 3 is 2.26 bits per heavy atom. The molecule has 0 aliphatic rings. The second-order valence-electron chi connectivity index (χ2n) is 7.90. The molecule has 1 amide bonds. The number of nitrogens with one attached hydrogen (secondary N) is 2. The highest BCUT2D eigenvalue weighted by Gasteiger charge is 2.24. The Hall–Kier alpha value is -4.24. The maximum atomic E-state index is 12.4. The first-order chi connectivity index (χ1) is 16.9. The number of aromatic nitrogens is 3. The highest BCUT2D eigenvalue weighted by Crippen LogP contribution is 2.21. The molecule has 4 rings (SSSR count). The van der Waals surface area contributed by atoms with Crippen LogP contribution in [0.2, 0.25) is 0 Å². The van der Waals surface area contributed by atoms with Crippen molar-refractivity contribution in [2.24, 2.45) is 5.10 Å². The highest BCUT2D eigenvalue weighted by atomic mass is 32.2. The van der Waals surface area contributed by atoms with Crippen LogP contribution in [0.3, 0.4) is 0 Å². The minimum Gasteiger partial charge on any atom is -0.478 e.